The van der Waals surface area contributed by atoms with Crippen molar-refractivity contribution in [3.63, 3.8) is 0 Å². The maximum atomic E-state index is 10.8. The van der Waals surface area contributed by atoms with Crippen LogP contribution in [0.4, 0.5) is 11.4 Å². The van der Waals surface area contributed by atoms with Crippen LogP contribution in [-0.4, -0.2) is 23.0 Å². The first-order chi connectivity index (χ1) is 12.2. The second kappa shape index (κ2) is 8.83. The van der Waals surface area contributed by atoms with E-state index in [1.54, 1.807) is 12.1 Å². The zero-order chi connectivity index (χ0) is 17.5. The van der Waals surface area contributed by atoms with Gasteiger partial charge in [0.25, 0.3) is 5.69 Å². The first kappa shape index (κ1) is 17.7. The van der Waals surface area contributed by atoms with Crippen molar-refractivity contribution in [3.05, 3.63) is 34.4 Å². The van der Waals surface area contributed by atoms with Crippen molar-refractivity contribution >= 4 is 17.3 Å². The van der Waals surface area contributed by atoms with Gasteiger partial charge in [-0.2, -0.15) is 0 Å². The lowest BCUT2D eigenvalue weighted by Gasteiger charge is -2.27. The van der Waals surface area contributed by atoms with Crippen LogP contribution in [0.5, 0.6) is 0 Å². The standard InChI is InChI=1S/C19H28N4O2/c24-23(25)18-13-11-17(12-14-18)22-19(20-15-7-3-1-4-8-15)21-16-9-5-2-6-10-16/h11-16H,1-10H2,(H2,20,21,22). The summed E-state index contributed by atoms with van der Waals surface area (Å²) in [7, 11) is 0. The van der Waals surface area contributed by atoms with Crippen molar-refractivity contribution in [1.82, 2.24) is 5.32 Å². The molecule has 2 aliphatic carbocycles. The molecule has 2 aliphatic rings. The molecule has 3 rings (SSSR count). The number of benzene rings is 1. The zero-order valence-corrected chi connectivity index (χ0v) is 14.7. The number of aliphatic imine (C=N–C) groups is 1. The molecule has 0 radical (unpaired) electrons. The number of nitro benzene ring substituents is 1. The summed E-state index contributed by atoms with van der Waals surface area (Å²) in [6, 6.07) is 7.41. The number of nitrogens with zero attached hydrogens (tertiary/aromatic N) is 2. The predicted octanol–water partition coefficient (Wildman–Crippen LogP) is 4.62. The summed E-state index contributed by atoms with van der Waals surface area (Å²) in [5.41, 5.74) is 0.944. The molecule has 2 fully saturated rings. The summed E-state index contributed by atoms with van der Waals surface area (Å²) in [5.74, 6) is 0.827. The van der Waals surface area contributed by atoms with Gasteiger partial charge in [-0.1, -0.05) is 38.5 Å². The Balaban J connectivity index is 1.69. The lowest BCUT2D eigenvalue weighted by Crippen LogP contribution is -2.41. The number of nitrogens with one attached hydrogen (secondary N) is 2. The molecule has 1 aromatic carbocycles. The number of hydrogen-bond donors (Lipinski definition) is 2. The van der Waals surface area contributed by atoms with Crippen LogP contribution in [0.25, 0.3) is 0 Å². The largest absolute Gasteiger partial charge is 0.353 e. The lowest BCUT2D eigenvalue weighted by molar-refractivity contribution is -0.384. The number of nitro groups is 1. The van der Waals surface area contributed by atoms with Gasteiger partial charge in [0, 0.05) is 23.9 Å². The molecule has 0 amide bonds. The molecule has 25 heavy (non-hydrogen) atoms. The minimum Gasteiger partial charge on any atom is -0.353 e. The van der Waals surface area contributed by atoms with Crippen LogP contribution >= 0.6 is 0 Å². The van der Waals surface area contributed by atoms with Gasteiger partial charge in [0.1, 0.15) is 0 Å². The Morgan fingerprint density at radius 2 is 1.56 bits per heavy atom. The molecule has 0 aliphatic heterocycles. The Morgan fingerprint density at radius 1 is 0.960 bits per heavy atom. The molecule has 1 aromatic rings. The van der Waals surface area contributed by atoms with Crippen LogP contribution in [0.2, 0.25) is 0 Å². The molecule has 6 nitrogen and oxygen atoms in total. The molecule has 0 bridgehead atoms. The maximum Gasteiger partial charge on any atom is 0.269 e. The quantitative estimate of drug-likeness (QED) is 0.361. The highest BCUT2D eigenvalue weighted by Gasteiger charge is 2.18. The van der Waals surface area contributed by atoms with E-state index < -0.39 is 0 Å². The summed E-state index contributed by atoms with van der Waals surface area (Å²) < 4.78 is 0. The first-order valence-corrected chi connectivity index (χ1v) is 9.56. The van der Waals surface area contributed by atoms with Crippen LogP contribution in [-0.2, 0) is 0 Å². The highest BCUT2D eigenvalue weighted by atomic mass is 16.6. The molecule has 2 N–H and O–H groups in total. The van der Waals surface area contributed by atoms with Crippen molar-refractivity contribution in [2.45, 2.75) is 76.3 Å². The second-order valence-electron chi connectivity index (χ2n) is 7.18. The second-order valence-corrected chi connectivity index (χ2v) is 7.18. The van der Waals surface area contributed by atoms with Crippen LogP contribution in [0.1, 0.15) is 64.2 Å². The Morgan fingerprint density at radius 3 is 2.16 bits per heavy atom. The van der Waals surface area contributed by atoms with E-state index in [1.165, 1.54) is 63.5 Å². The predicted molar refractivity (Wildman–Crippen MR) is 101 cm³/mol. The third kappa shape index (κ3) is 5.44. The molecular formula is C19H28N4O2. The Hall–Kier alpha value is -2.11. The van der Waals surface area contributed by atoms with Gasteiger partial charge < -0.3 is 10.6 Å². The van der Waals surface area contributed by atoms with Crippen LogP contribution in [0, 0.1) is 10.1 Å². The number of hydrogen-bond acceptors (Lipinski definition) is 3. The van der Waals surface area contributed by atoms with Crippen molar-refractivity contribution in [2.24, 2.45) is 4.99 Å². The molecule has 136 valence electrons. The van der Waals surface area contributed by atoms with E-state index in [-0.39, 0.29) is 10.6 Å². The van der Waals surface area contributed by atoms with E-state index in [2.05, 4.69) is 10.6 Å². The van der Waals surface area contributed by atoms with Crippen LogP contribution in [0.3, 0.4) is 0 Å². The highest BCUT2D eigenvalue weighted by molar-refractivity contribution is 5.94. The monoisotopic (exact) mass is 344 g/mol. The molecule has 6 heteroatoms. The van der Waals surface area contributed by atoms with E-state index >= 15 is 0 Å². The van der Waals surface area contributed by atoms with Crippen LogP contribution in [0.15, 0.2) is 29.3 Å². The molecule has 0 saturated heterocycles. The minimum atomic E-state index is -0.374. The van der Waals surface area contributed by atoms with E-state index in [4.69, 9.17) is 4.99 Å². The molecule has 0 aromatic heterocycles. The SMILES string of the molecule is O=[N+]([O-])c1ccc(NC(=NC2CCCCC2)NC2CCCCC2)cc1. The number of rotatable bonds is 4. The van der Waals surface area contributed by atoms with E-state index in [0.717, 1.165) is 24.5 Å². The molecule has 0 unspecified atom stereocenters. The van der Waals surface area contributed by atoms with Gasteiger partial charge in [-0.25, -0.2) is 4.99 Å². The number of non-ortho nitro benzene ring substituents is 1. The van der Waals surface area contributed by atoms with Crippen molar-refractivity contribution in [1.29, 1.82) is 0 Å². The highest BCUT2D eigenvalue weighted by Crippen LogP contribution is 2.22. The molecule has 0 heterocycles. The Kier molecular flexibility index (Phi) is 6.25. The van der Waals surface area contributed by atoms with E-state index in [9.17, 15) is 10.1 Å². The van der Waals surface area contributed by atoms with Crippen molar-refractivity contribution in [3.8, 4) is 0 Å². The van der Waals surface area contributed by atoms with Crippen LogP contribution < -0.4 is 10.6 Å². The van der Waals surface area contributed by atoms with Gasteiger partial charge in [0.05, 0.1) is 11.0 Å². The smallest absolute Gasteiger partial charge is 0.269 e. The Labute approximate surface area is 149 Å². The summed E-state index contributed by atoms with van der Waals surface area (Å²) in [6.45, 7) is 0. The van der Waals surface area contributed by atoms with Gasteiger partial charge in [0.2, 0.25) is 0 Å². The number of anilines is 1. The van der Waals surface area contributed by atoms with Crippen molar-refractivity contribution < 1.29 is 4.92 Å². The fourth-order valence-electron chi connectivity index (χ4n) is 3.74. The third-order valence-corrected chi connectivity index (χ3v) is 5.17. The lowest BCUT2D eigenvalue weighted by atomic mass is 9.95. The summed E-state index contributed by atoms with van der Waals surface area (Å²) in [4.78, 5) is 15.4. The summed E-state index contributed by atoms with van der Waals surface area (Å²) >= 11 is 0. The van der Waals surface area contributed by atoms with Gasteiger partial charge >= 0.3 is 0 Å². The van der Waals surface area contributed by atoms with Gasteiger partial charge in [-0.3, -0.25) is 10.1 Å². The average molecular weight is 344 g/mol. The maximum absolute atomic E-state index is 10.8. The van der Waals surface area contributed by atoms with Gasteiger partial charge in [0.15, 0.2) is 5.96 Å². The average Bonchev–Trinajstić information content (AvgIpc) is 2.64. The third-order valence-electron chi connectivity index (χ3n) is 5.17. The fraction of sp³-hybridized carbons (Fsp3) is 0.632. The van der Waals surface area contributed by atoms with E-state index in [1.807, 2.05) is 0 Å². The topological polar surface area (TPSA) is 79.6 Å². The fourth-order valence-corrected chi connectivity index (χ4v) is 3.74. The molecule has 0 atom stereocenters. The van der Waals surface area contributed by atoms with Crippen molar-refractivity contribution in [2.75, 3.05) is 5.32 Å². The zero-order valence-electron chi connectivity index (χ0n) is 14.7. The minimum absolute atomic E-state index is 0.108. The molecule has 2 saturated carbocycles. The molecular weight excluding hydrogens is 316 g/mol. The normalized spacial score (nSPS) is 20.2. The first-order valence-electron chi connectivity index (χ1n) is 9.56. The van der Waals surface area contributed by atoms with E-state index in [0.29, 0.717) is 12.1 Å². The summed E-state index contributed by atoms with van der Waals surface area (Å²) in [5, 5.41) is 17.8. The molecule has 0 spiro atoms. The summed E-state index contributed by atoms with van der Waals surface area (Å²) in [6.07, 6.45) is 12.4. The Bertz CT molecular complexity index is 588. The number of guanidine groups is 1. The van der Waals surface area contributed by atoms with Gasteiger partial charge in [-0.05, 0) is 37.8 Å². The van der Waals surface area contributed by atoms with Gasteiger partial charge in [-0.15, -0.1) is 0 Å².